The van der Waals surface area contributed by atoms with Crippen LogP contribution in [0.3, 0.4) is 0 Å². The zero-order valence-electron chi connectivity index (χ0n) is 21.6. The summed E-state index contributed by atoms with van der Waals surface area (Å²) >= 11 is 0. The number of fused-ring (bicyclic) bond motifs is 1. The van der Waals surface area contributed by atoms with Crippen molar-refractivity contribution in [2.45, 2.75) is 12.8 Å². The molecule has 0 bridgehead atoms. The van der Waals surface area contributed by atoms with Gasteiger partial charge in [0, 0.05) is 48.8 Å². The van der Waals surface area contributed by atoms with Gasteiger partial charge in [0.05, 0.1) is 38.1 Å². The fourth-order valence-corrected chi connectivity index (χ4v) is 4.52. The van der Waals surface area contributed by atoms with Gasteiger partial charge in [0.2, 0.25) is 0 Å². The van der Waals surface area contributed by atoms with Crippen LogP contribution in [-0.2, 0) is 11.2 Å². The van der Waals surface area contributed by atoms with Gasteiger partial charge in [0.15, 0.2) is 11.5 Å². The minimum absolute atomic E-state index is 0.133. The second-order valence-corrected chi connectivity index (χ2v) is 9.19. The van der Waals surface area contributed by atoms with Gasteiger partial charge in [-0.05, 0) is 42.3 Å². The molecule has 1 aromatic heterocycles. The molecule has 196 valence electrons. The van der Waals surface area contributed by atoms with E-state index in [0.29, 0.717) is 30.1 Å². The van der Waals surface area contributed by atoms with E-state index in [0.717, 1.165) is 67.1 Å². The molecule has 0 atom stereocenters. The highest BCUT2D eigenvalue weighted by molar-refractivity contribution is 6.04. The van der Waals surface area contributed by atoms with Gasteiger partial charge in [-0.3, -0.25) is 9.69 Å². The summed E-state index contributed by atoms with van der Waals surface area (Å²) in [6.07, 6.45) is 3.13. The molecule has 3 aromatic carbocycles. The lowest BCUT2D eigenvalue weighted by Gasteiger charge is -2.26. The Balaban J connectivity index is 1.24. The van der Waals surface area contributed by atoms with Crippen LogP contribution in [0.25, 0.3) is 10.9 Å². The number of rotatable bonds is 10. The molecule has 0 radical (unpaired) electrons. The average Bonchev–Trinajstić information content (AvgIpc) is 2.97. The van der Waals surface area contributed by atoms with Gasteiger partial charge in [-0.2, -0.15) is 0 Å². The molecule has 8 heteroatoms. The summed E-state index contributed by atoms with van der Waals surface area (Å²) in [4.78, 5) is 23.9. The Kier molecular flexibility index (Phi) is 8.42. The van der Waals surface area contributed by atoms with Gasteiger partial charge >= 0.3 is 0 Å². The van der Waals surface area contributed by atoms with E-state index in [1.807, 2.05) is 54.6 Å². The van der Waals surface area contributed by atoms with Crippen LogP contribution in [0.4, 0.5) is 5.69 Å². The molecule has 8 nitrogen and oxygen atoms in total. The van der Waals surface area contributed by atoms with Crippen molar-refractivity contribution in [3.05, 3.63) is 89.9 Å². The van der Waals surface area contributed by atoms with Gasteiger partial charge in [-0.25, -0.2) is 9.97 Å². The van der Waals surface area contributed by atoms with Crippen LogP contribution in [0.2, 0.25) is 0 Å². The van der Waals surface area contributed by atoms with Crippen LogP contribution < -0.4 is 14.8 Å². The predicted molar refractivity (Wildman–Crippen MR) is 147 cm³/mol. The minimum atomic E-state index is -0.133. The van der Waals surface area contributed by atoms with Crippen molar-refractivity contribution in [1.29, 1.82) is 0 Å². The molecule has 5 rings (SSSR count). The third-order valence-corrected chi connectivity index (χ3v) is 6.60. The number of anilines is 1. The fourth-order valence-electron chi connectivity index (χ4n) is 4.52. The third kappa shape index (κ3) is 6.45. The molecular weight excluding hydrogens is 480 g/mol. The predicted octanol–water partition coefficient (Wildman–Crippen LogP) is 4.58. The summed E-state index contributed by atoms with van der Waals surface area (Å²) < 4.78 is 17.1. The summed E-state index contributed by atoms with van der Waals surface area (Å²) in [6.45, 7) is 5.14. The molecule has 0 aliphatic carbocycles. The molecule has 1 aliphatic rings. The van der Waals surface area contributed by atoms with Crippen LogP contribution in [0.1, 0.15) is 28.0 Å². The first kappa shape index (κ1) is 25.6. The lowest BCUT2D eigenvalue weighted by atomic mass is 10.0. The zero-order chi connectivity index (χ0) is 26.2. The number of carbonyl (C=O) groups is 1. The van der Waals surface area contributed by atoms with E-state index in [9.17, 15) is 4.79 Å². The number of ether oxygens (including phenoxy) is 3. The maximum absolute atomic E-state index is 12.4. The van der Waals surface area contributed by atoms with E-state index in [1.54, 1.807) is 25.6 Å². The Morgan fingerprint density at radius 3 is 2.55 bits per heavy atom. The summed E-state index contributed by atoms with van der Waals surface area (Å²) in [5, 5.41) is 3.86. The molecule has 1 saturated heterocycles. The molecule has 38 heavy (non-hydrogen) atoms. The van der Waals surface area contributed by atoms with E-state index < -0.39 is 0 Å². The minimum Gasteiger partial charge on any atom is -0.493 e. The van der Waals surface area contributed by atoms with Gasteiger partial charge < -0.3 is 19.5 Å². The van der Waals surface area contributed by atoms with Crippen LogP contribution in [0.15, 0.2) is 73.1 Å². The molecule has 1 amide bonds. The second-order valence-electron chi connectivity index (χ2n) is 9.19. The van der Waals surface area contributed by atoms with E-state index in [1.165, 1.54) is 0 Å². The average molecular weight is 513 g/mol. The van der Waals surface area contributed by atoms with Crippen LogP contribution in [0.5, 0.6) is 11.5 Å². The van der Waals surface area contributed by atoms with Crippen molar-refractivity contribution < 1.29 is 19.0 Å². The number of methoxy groups -OCH3 is 1. The van der Waals surface area contributed by atoms with Crippen molar-refractivity contribution in [1.82, 2.24) is 14.9 Å². The first-order valence-corrected chi connectivity index (χ1v) is 12.9. The zero-order valence-corrected chi connectivity index (χ0v) is 21.6. The van der Waals surface area contributed by atoms with Crippen LogP contribution >= 0.6 is 0 Å². The number of morpholine rings is 1. The van der Waals surface area contributed by atoms with Crippen molar-refractivity contribution in [3.63, 3.8) is 0 Å². The van der Waals surface area contributed by atoms with E-state index >= 15 is 0 Å². The normalized spacial score (nSPS) is 13.8. The molecule has 0 saturated carbocycles. The Bertz CT molecular complexity index is 1360. The summed E-state index contributed by atoms with van der Waals surface area (Å²) in [7, 11) is 1.65. The van der Waals surface area contributed by atoms with Crippen molar-refractivity contribution in [2.75, 3.05) is 51.9 Å². The Labute approximate surface area is 222 Å². The summed E-state index contributed by atoms with van der Waals surface area (Å²) in [5.74, 6) is 1.22. The van der Waals surface area contributed by atoms with Crippen molar-refractivity contribution >= 4 is 22.5 Å². The SMILES string of the molecule is COc1cc2c(Cc3ccc(NC(=O)c4ccccc4)cc3)ncnc2cc1OCCCN1CCOCC1. The first-order valence-electron chi connectivity index (χ1n) is 12.9. The molecule has 0 spiro atoms. The highest BCUT2D eigenvalue weighted by Crippen LogP contribution is 2.33. The van der Waals surface area contributed by atoms with Crippen LogP contribution in [0, 0.1) is 0 Å². The molecule has 1 N–H and O–H groups in total. The Morgan fingerprint density at radius 1 is 1.00 bits per heavy atom. The Hall–Kier alpha value is -4.01. The first-order chi connectivity index (χ1) is 18.7. The van der Waals surface area contributed by atoms with Gasteiger partial charge in [-0.15, -0.1) is 0 Å². The van der Waals surface area contributed by atoms with Gasteiger partial charge in [-0.1, -0.05) is 30.3 Å². The summed E-state index contributed by atoms with van der Waals surface area (Å²) in [6, 6.07) is 20.9. The fraction of sp³-hybridized carbons (Fsp3) is 0.300. The molecule has 4 aromatic rings. The largest absolute Gasteiger partial charge is 0.493 e. The number of carbonyl (C=O) groups excluding carboxylic acids is 1. The maximum atomic E-state index is 12.4. The summed E-state index contributed by atoms with van der Waals surface area (Å²) in [5.41, 5.74) is 4.15. The number of nitrogens with one attached hydrogen (secondary N) is 1. The van der Waals surface area contributed by atoms with Crippen molar-refractivity contribution in [2.24, 2.45) is 0 Å². The number of benzene rings is 3. The quantitative estimate of drug-likeness (QED) is 0.311. The highest BCUT2D eigenvalue weighted by Gasteiger charge is 2.14. The van der Waals surface area contributed by atoms with E-state index in [4.69, 9.17) is 14.2 Å². The maximum Gasteiger partial charge on any atom is 0.255 e. The van der Waals surface area contributed by atoms with E-state index in [-0.39, 0.29) is 5.91 Å². The standard InChI is InChI=1S/C30H32N4O4/c1-36-28-19-25-26(18-22-8-10-24(11-9-22)33-30(35)23-6-3-2-4-7-23)31-21-32-27(25)20-29(28)38-15-5-12-34-13-16-37-17-14-34/h2-4,6-11,19-21H,5,12-18H2,1H3,(H,33,35). The van der Waals surface area contributed by atoms with E-state index in [2.05, 4.69) is 20.2 Å². The topological polar surface area (TPSA) is 85.8 Å². The van der Waals surface area contributed by atoms with Gasteiger partial charge in [0.25, 0.3) is 5.91 Å². The number of hydrogen-bond donors (Lipinski definition) is 1. The molecule has 2 heterocycles. The number of amides is 1. The second kappa shape index (κ2) is 12.5. The smallest absolute Gasteiger partial charge is 0.255 e. The van der Waals surface area contributed by atoms with Crippen LogP contribution in [-0.4, -0.2) is 67.3 Å². The molecule has 0 unspecified atom stereocenters. The molecular formula is C30H32N4O4. The number of nitrogens with zero attached hydrogens (tertiary/aromatic N) is 3. The Morgan fingerprint density at radius 2 is 1.79 bits per heavy atom. The molecule has 1 aliphatic heterocycles. The third-order valence-electron chi connectivity index (χ3n) is 6.60. The lowest BCUT2D eigenvalue weighted by Crippen LogP contribution is -2.37. The lowest BCUT2D eigenvalue weighted by molar-refractivity contribution is 0.0357. The molecule has 1 fully saturated rings. The highest BCUT2D eigenvalue weighted by atomic mass is 16.5. The monoisotopic (exact) mass is 512 g/mol. The number of hydrogen-bond acceptors (Lipinski definition) is 7. The number of aromatic nitrogens is 2. The van der Waals surface area contributed by atoms with Gasteiger partial charge in [0.1, 0.15) is 6.33 Å². The van der Waals surface area contributed by atoms with Crippen molar-refractivity contribution in [3.8, 4) is 11.5 Å².